The summed E-state index contributed by atoms with van der Waals surface area (Å²) in [6.45, 7) is -0.198. The third kappa shape index (κ3) is 5.05. The monoisotopic (exact) mass is 227 g/mol. The van der Waals surface area contributed by atoms with Crippen LogP contribution in [0.3, 0.4) is 0 Å². The maximum atomic E-state index is 11.1. The highest BCUT2D eigenvalue weighted by Gasteiger charge is 2.03. The second kappa shape index (κ2) is 6.86. The van der Waals surface area contributed by atoms with Gasteiger partial charge in [-0.05, 0) is 12.1 Å². The van der Waals surface area contributed by atoms with Gasteiger partial charge in [0.1, 0.15) is 5.75 Å². The van der Waals surface area contributed by atoms with E-state index >= 15 is 0 Å². The predicted molar refractivity (Wildman–Crippen MR) is 56.2 cm³/mol. The lowest BCUT2D eigenvalue weighted by atomic mass is 10.3. The second-order valence-electron chi connectivity index (χ2n) is 2.49. The normalized spacial score (nSPS) is 10.2. The van der Waals surface area contributed by atoms with Gasteiger partial charge < -0.3 is 4.74 Å². The number of hydroxylamine groups is 1. The molecule has 0 bridgehead atoms. The Kier molecular flexibility index (Phi) is 5.29. The lowest BCUT2D eigenvalue weighted by Crippen LogP contribution is -2.19. The first-order valence-electron chi connectivity index (χ1n) is 4.21. The number of hydrogen-bond donors (Lipinski definition) is 1. The lowest BCUT2D eigenvalue weighted by molar-refractivity contribution is -0.141. The van der Waals surface area contributed by atoms with Gasteiger partial charge in [-0.25, -0.2) is 4.79 Å². The Labute approximate surface area is 92.4 Å². The van der Waals surface area contributed by atoms with Crippen LogP contribution in [0, 0.1) is 0 Å². The van der Waals surface area contributed by atoms with Crippen molar-refractivity contribution in [3.05, 3.63) is 42.1 Å². The van der Waals surface area contributed by atoms with Crippen LogP contribution in [0.2, 0.25) is 0 Å². The minimum Gasteiger partial charge on any atom is -0.425 e. The first-order valence-corrected chi connectivity index (χ1v) is 4.65. The molecule has 0 saturated heterocycles. The van der Waals surface area contributed by atoms with Crippen molar-refractivity contribution in [1.29, 1.82) is 0 Å². The molecule has 1 aromatic rings. The second-order valence-corrected chi connectivity index (χ2v) is 2.74. The van der Waals surface area contributed by atoms with Crippen molar-refractivity contribution >= 4 is 17.6 Å². The number of para-hydroxylation sites is 1. The van der Waals surface area contributed by atoms with Crippen LogP contribution in [0.25, 0.3) is 0 Å². The Hall–Kier alpha value is -1.52. The molecule has 1 rings (SSSR count). The quantitative estimate of drug-likeness (QED) is 0.361. The SMILES string of the molecule is O=C(CONC=CCl)Oc1ccccc1. The van der Waals surface area contributed by atoms with Crippen molar-refractivity contribution in [2.24, 2.45) is 0 Å². The Morgan fingerprint density at radius 3 is 2.80 bits per heavy atom. The summed E-state index contributed by atoms with van der Waals surface area (Å²) in [6, 6.07) is 8.75. The molecule has 4 nitrogen and oxygen atoms in total. The molecule has 0 aliphatic rings. The summed E-state index contributed by atoms with van der Waals surface area (Å²) < 4.78 is 4.93. The van der Waals surface area contributed by atoms with Gasteiger partial charge in [0.25, 0.3) is 0 Å². The molecular formula is C10H10ClNO3. The molecule has 0 spiro atoms. The molecule has 0 aromatic heterocycles. The summed E-state index contributed by atoms with van der Waals surface area (Å²) in [5.74, 6) is -0.00402. The molecule has 0 fully saturated rings. The average Bonchev–Trinajstić information content (AvgIpc) is 2.26. The van der Waals surface area contributed by atoms with Crippen molar-refractivity contribution in [3.8, 4) is 5.75 Å². The zero-order valence-corrected chi connectivity index (χ0v) is 8.61. The molecule has 0 atom stereocenters. The highest BCUT2D eigenvalue weighted by molar-refractivity contribution is 6.25. The number of nitrogens with one attached hydrogen (secondary N) is 1. The van der Waals surface area contributed by atoms with E-state index in [-0.39, 0.29) is 6.61 Å². The third-order valence-electron chi connectivity index (χ3n) is 1.38. The van der Waals surface area contributed by atoms with Crippen LogP contribution in [0.4, 0.5) is 0 Å². The van der Waals surface area contributed by atoms with Crippen LogP contribution in [0.1, 0.15) is 0 Å². The van der Waals surface area contributed by atoms with Crippen LogP contribution >= 0.6 is 11.6 Å². The molecule has 0 aliphatic carbocycles. The molecule has 80 valence electrons. The zero-order chi connectivity index (χ0) is 10.9. The number of rotatable bonds is 5. The fraction of sp³-hybridized carbons (Fsp3) is 0.100. The highest BCUT2D eigenvalue weighted by atomic mass is 35.5. The topological polar surface area (TPSA) is 47.6 Å². The van der Waals surface area contributed by atoms with Gasteiger partial charge in [0, 0.05) is 11.7 Å². The van der Waals surface area contributed by atoms with Crippen molar-refractivity contribution < 1.29 is 14.4 Å². The van der Waals surface area contributed by atoms with Gasteiger partial charge in [-0.1, -0.05) is 29.8 Å². The van der Waals surface area contributed by atoms with E-state index in [0.717, 1.165) is 0 Å². The molecule has 1 aromatic carbocycles. The molecule has 0 saturated carbocycles. The van der Waals surface area contributed by atoms with E-state index in [9.17, 15) is 4.79 Å². The summed E-state index contributed by atoms with van der Waals surface area (Å²) in [5, 5.41) is 0. The van der Waals surface area contributed by atoms with Crippen LogP contribution in [0.15, 0.2) is 42.1 Å². The molecule has 0 aliphatic heterocycles. The fourth-order valence-corrected chi connectivity index (χ4v) is 0.875. The summed E-state index contributed by atoms with van der Waals surface area (Å²) in [4.78, 5) is 15.8. The Morgan fingerprint density at radius 2 is 2.13 bits per heavy atom. The minimum absolute atomic E-state index is 0.198. The van der Waals surface area contributed by atoms with E-state index in [2.05, 4.69) is 5.48 Å². The van der Waals surface area contributed by atoms with Crippen molar-refractivity contribution in [2.75, 3.05) is 6.61 Å². The lowest BCUT2D eigenvalue weighted by Gasteiger charge is -2.03. The van der Waals surface area contributed by atoms with Crippen molar-refractivity contribution in [2.45, 2.75) is 0 Å². The summed E-state index contributed by atoms with van der Waals surface area (Å²) >= 11 is 5.21. The van der Waals surface area contributed by atoms with Crippen LogP contribution in [-0.2, 0) is 9.63 Å². The van der Waals surface area contributed by atoms with Gasteiger partial charge >= 0.3 is 5.97 Å². The van der Waals surface area contributed by atoms with Gasteiger partial charge in [0.2, 0.25) is 0 Å². The van der Waals surface area contributed by atoms with Gasteiger partial charge in [0.15, 0.2) is 6.61 Å². The third-order valence-corrected chi connectivity index (χ3v) is 1.51. The molecule has 5 heteroatoms. The standard InChI is InChI=1S/C10H10ClNO3/c11-6-7-12-14-8-10(13)15-9-4-2-1-3-5-9/h1-7,12H,8H2. The van der Waals surface area contributed by atoms with Gasteiger partial charge in [-0.15, -0.1) is 0 Å². The molecular weight excluding hydrogens is 218 g/mol. The molecule has 0 unspecified atom stereocenters. The first-order chi connectivity index (χ1) is 7.33. The van der Waals surface area contributed by atoms with Gasteiger partial charge in [-0.3, -0.25) is 10.3 Å². The number of carbonyl (C=O) groups is 1. The van der Waals surface area contributed by atoms with E-state index in [4.69, 9.17) is 21.2 Å². The van der Waals surface area contributed by atoms with Crippen molar-refractivity contribution in [1.82, 2.24) is 5.48 Å². The Bertz CT molecular complexity index is 327. The number of halogens is 1. The number of benzene rings is 1. The Morgan fingerprint density at radius 1 is 1.40 bits per heavy atom. The molecule has 0 radical (unpaired) electrons. The average molecular weight is 228 g/mol. The molecule has 15 heavy (non-hydrogen) atoms. The van der Waals surface area contributed by atoms with E-state index in [1.54, 1.807) is 24.3 Å². The maximum absolute atomic E-state index is 11.1. The minimum atomic E-state index is -0.489. The fourth-order valence-electron chi connectivity index (χ4n) is 0.824. The number of carbonyl (C=O) groups excluding carboxylic acids is 1. The van der Waals surface area contributed by atoms with Crippen LogP contribution in [0.5, 0.6) is 5.75 Å². The maximum Gasteiger partial charge on any atom is 0.340 e. The summed E-state index contributed by atoms with van der Waals surface area (Å²) in [7, 11) is 0. The highest BCUT2D eigenvalue weighted by Crippen LogP contribution is 2.07. The zero-order valence-electron chi connectivity index (χ0n) is 7.85. The molecule has 0 amide bonds. The van der Waals surface area contributed by atoms with Crippen molar-refractivity contribution in [3.63, 3.8) is 0 Å². The first kappa shape index (κ1) is 11.6. The van der Waals surface area contributed by atoms with E-state index in [0.29, 0.717) is 5.75 Å². The van der Waals surface area contributed by atoms with Gasteiger partial charge in [-0.2, -0.15) is 0 Å². The number of esters is 1. The molecule has 0 heterocycles. The number of ether oxygens (including phenoxy) is 1. The van der Waals surface area contributed by atoms with E-state index < -0.39 is 5.97 Å². The van der Waals surface area contributed by atoms with Crippen LogP contribution in [-0.4, -0.2) is 12.6 Å². The molecule has 1 N–H and O–H groups in total. The van der Waals surface area contributed by atoms with Gasteiger partial charge in [0.05, 0.1) is 0 Å². The summed E-state index contributed by atoms with van der Waals surface area (Å²) in [5.41, 5.74) is 3.56. The van der Waals surface area contributed by atoms with E-state index in [1.807, 2.05) is 6.07 Å². The summed E-state index contributed by atoms with van der Waals surface area (Å²) in [6.07, 6.45) is 1.34. The Balaban J connectivity index is 2.25. The predicted octanol–water partition coefficient (Wildman–Crippen LogP) is 1.82. The van der Waals surface area contributed by atoms with E-state index in [1.165, 1.54) is 11.7 Å². The number of hydrogen-bond acceptors (Lipinski definition) is 4. The van der Waals surface area contributed by atoms with Crippen LogP contribution < -0.4 is 10.2 Å². The largest absolute Gasteiger partial charge is 0.425 e. The smallest absolute Gasteiger partial charge is 0.340 e.